The molecule has 7 heteroatoms. The van der Waals surface area contributed by atoms with Crippen LogP contribution in [-0.2, 0) is 10.5 Å². The van der Waals surface area contributed by atoms with E-state index in [0.29, 0.717) is 24.1 Å². The van der Waals surface area contributed by atoms with Crippen molar-refractivity contribution in [3.05, 3.63) is 60.0 Å². The Kier molecular flexibility index (Phi) is 6.71. The van der Waals surface area contributed by atoms with Crippen molar-refractivity contribution in [3.8, 4) is 17.1 Å². The highest BCUT2D eigenvalue weighted by atomic mass is 32.2. The predicted octanol–water partition coefficient (Wildman–Crippen LogP) is 4.70. The summed E-state index contributed by atoms with van der Waals surface area (Å²) in [5.74, 6) is 2.25. The summed E-state index contributed by atoms with van der Waals surface area (Å²) in [4.78, 5) is 16.8. The molecule has 3 aromatic rings. The van der Waals surface area contributed by atoms with Gasteiger partial charge in [-0.3, -0.25) is 4.79 Å². The van der Waals surface area contributed by atoms with E-state index in [1.165, 1.54) is 11.8 Å². The van der Waals surface area contributed by atoms with Crippen LogP contribution in [0.15, 0.2) is 53.1 Å². The largest absolute Gasteiger partial charge is 0.494 e. The molecule has 1 atom stereocenters. The Morgan fingerprint density at radius 1 is 1.21 bits per heavy atom. The Morgan fingerprint density at radius 3 is 2.68 bits per heavy atom. The first-order chi connectivity index (χ1) is 13.6. The SMILES string of the molecule is CCOc1ccc(NC(=O)C(C)SCc2nc(-c3ccccc3C)no2)cc1. The molecule has 0 fully saturated rings. The summed E-state index contributed by atoms with van der Waals surface area (Å²) in [7, 11) is 0. The number of hydrogen-bond acceptors (Lipinski definition) is 6. The minimum atomic E-state index is -0.264. The zero-order valence-electron chi connectivity index (χ0n) is 16.1. The van der Waals surface area contributed by atoms with Gasteiger partial charge in [0.15, 0.2) is 0 Å². The molecule has 0 radical (unpaired) electrons. The lowest BCUT2D eigenvalue weighted by Gasteiger charge is -2.11. The summed E-state index contributed by atoms with van der Waals surface area (Å²) in [5.41, 5.74) is 2.77. The summed E-state index contributed by atoms with van der Waals surface area (Å²) in [6.45, 7) is 6.41. The van der Waals surface area contributed by atoms with Crippen molar-refractivity contribution in [2.24, 2.45) is 0 Å². The second kappa shape index (κ2) is 9.41. The molecule has 1 heterocycles. The lowest BCUT2D eigenvalue weighted by Crippen LogP contribution is -2.22. The smallest absolute Gasteiger partial charge is 0.237 e. The number of aromatic nitrogens is 2. The van der Waals surface area contributed by atoms with Crippen LogP contribution in [0.1, 0.15) is 25.3 Å². The molecule has 1 unspecified atom stereocenters. The van der Waals surface area contributed by atoms with Gasteiger partial charge in [0.05, 0.1) is 17.6 Å². The number of benzene rings is 2. The number of nitrogens with one attached hydrogen (secondary N) is 1. The molecule has 0 aliphatic rings. The van der Waals surface area contributed by atoms with Gasteiger partial charge < -0.3 is 14.6 Å². The average Bonchev–Trinajstić information content (AvgIpc) is 3.17. The standard InChI is InChI=1S/C21H23N3O3S/c1-4-26-17-11-9-16(10-12-17)22-21(25)15(3)28-13-19-23-20(24-27-19)18-8-6-5-7-14(18)2/h5-12,15H,4,13H2,1-3H3,(H,22,25). The molecule has 146 valence electrons. The van der Waals surface area contributed by atoms with Crippen LogP contribution in [0.25, 0.3) is 11.4 Å². The van der Waals surface area contributed by atoms with Crippen LogP contribution in [0, 0.1) is 6.92 Å². The molecule has 1 amide bonds. The fourth-order valence-electron chi connectivity index (χ4n) is 2.56. The fourth-order valence-corrected chi connectivity index (χ4v) is 3.28. The van der Waals surface area contributed by atoms with E-state index in [4.69, 9.17) is 9.26 Å². The Balaban J connectivity index is 1.53. The van der Waals surface area contributed by atoms with E-state index in [0.717, 1.165) is 22.6 Å². The van der Waals surface area contributed by atoms with Gasteiger partial charge in [0.1, 0.15) is 5.75 Å². The van der Waals surface area contributed by atoms with Crippen LogP contribution in [0.4, 0.5) is 5.69 Å². The van der Waals surface area contributed by atoms with E-state index in [1.807, 2.05) is 69.3 Å². The topological polar surface area (TPSA) is 77.2 Å². The molecule has 0 spiro atoms. The molecule has 0 saturated heterocycles. The van der Waals surface area contributed by atoms with Gasteiger partial charge in [-0.25, -0.2) is 0 Å². The van der Waals surface area contributed by atoms with E-state index in [1.54, 1.807) is 0 Å². The van der Waals surface area contributed by atoms with Crippen LogP contribution in [0.3, 0.4) is 0 Å². The molecule has 2 aromatic carbocycles. The number of nitrogens with zero attached hydrogens (tertiary/aromatic N) is 2. The monoisotopic (exact) mass is 397 g/mol. The zero-order chi connectivity index (χ0) is 19.9. The normalized spacial score (nSPS) is 11.8. The summed E-state index contributed by atoms with van der Waals surface area (Å²) < 4.78 is 10.7. The maximum atomic E-state index is 12.4. The van der Waals surface area contributed by atoms with Gasteiger partial charge in [0, 0.05) is 11.3 Å². The number of amides is 1. The van der Waals surface area contributed by atoms with Crippen molar-refractivity contribution < 1.29 is 14.1 Å². The number of hydrogen-bond donors (Lipinski definition) is 1. The fraction of sp³-hybridized carbons (Fsp3) is 0.286. The summed E-state index contributed by atoms with van der Waals surface area (Å²) in [6, 6.07) is 15.2. The van der Waals surface area contributed by atoms with Gasteiger partial charge in [0.25, 0.3) is 0 Å². The number of anilines is 1. The first kappa shape index (κ1) is 19.9. The third-order valence-corrected chi connectivity index (χ3v) is 5.24. The van der Waals surface area contributed by atoms with Crippen LogP contribution in [-0.4, -0.2) is 27.9 Å². The summed E-state index contributed by atoms with van der Waals surface area (Å²) >= 11 is 1.45. The Hall–Kier alpha value is -2.80. The second-order valence-electron chi connectivity index (χ2n) is 6.23. The zero-order valence-corrected chi connectivity index (χ0v) is 17.0. The highest BCUT2D eigenvalue weighted by Gasteiger charge is 2.17. The van der Waals surface area contributed by atoms with Crippen molar-refractivity contribution in [2.45, 2.75) is 31.8 Å². The van der Waals surface area contributed by atoms with Crippen molar-refractivity contribution >= 4 is 23.4 Å². The number of ether oxygens (including phenoxy) is 1. The quantitative estimate of drug-likeness (QED) is 0.593. The lowest BCUT2D eigenvalue weighted by molar-refractivity contribution is -0.115. The molecule has 1 aromatic heterocycles. The van der Waals surface area contributed by atoms with Gasteiger partial charge in [-0.05, 0) is 50.6 Å². The molecule has 0 aliphatic heterocycles. The molecular weight excluding hydrogens is 374 g/mol. The van der Waals surface area contributed by atoms with Crippen molar-refractivity contribution in [1.82, 2.24) is 10.1 Å². The first-order valence-electron chi connectivity index (χ1n) is 9.10. The van der Waals surface area contributed by atoms with Gasteiger partial charge >= 0.3 is 0 Å². The molecule has 0 aliphatic carbocycles. The van der Waals surface area contributed by atoms with Crippen LogP contribution in [0.2, 0.25) is 0 Å². The Bertz CT molecular complexity index is 925. The van der Waals surface area contributed by atoms with Crippen LogP contribution >= 0.6 is 11.8 Å². The highest BCUT2D eigenvalue weighted by molar-refractivity contribution is 7.99. The van der Waals surface area contributed by atoms with E-state index < -0.39 is 0 Å². The van der Waals surface area contributed by atoms with Crippen molar-refractivity contribution in [1.29, 1.82) is 0 Å². The molecule has 0 bridgehead atoms. The highest BCUT2D eigenvalue weighted by Crippen LogP contribution is 2.23. The third kappa shape index (κ3) is 5.13. The molecule has 6 nitrogen and oxygen atoms in total. The number of rotatable bonds is 8. The number of carbonyl (C=O) groups excluding carboxylic acids is 1. The summed E-state index contributed by atoms with van der Waals surface area (Å²) in [6.07, 6.45) is 0. The van der Waals surface area contributed by atoms with Gasteiger partial charge in [0.2, 0.25) is 17.6 Å². The number of thioether (sulfide) groups is 1. The van der Waals surface area contributed by atoms with Crippen molar-refractivity contribution in [3.63, 3.8) is 0 Å². The lowest BCUT2D eigenvalue weighted by atomic mass is 10.1. The van der Waals surface area contributed by atoms with E-state index >= 15 is 0 Å². The van der Waals surface area contributed by atoms with Crippen LogP contribution < -0.4 is 10.1 Å². The first-order valence-corrected chi connectivity index (χ1v) is 10.2. The second-order valence-corrected chi connectivity index (χ2v) is 7.56. The summed E-state index contributed by atoms with van der Waals surface area (Å²) in [5, 5.41) is 6.69. The minimum absolute atomic E-state index is 0.0761. The maximum absolute atomic E-state index is 12.4. The van der Waals surface area contributed by atoms with Crippen LogP contribution in [0.5, 0.6) is 5.75 Å². The number of aryl methyl sites for hydroxylation is 1. The Labute approximate surface area is 168 Å². The molecule has 1 N–H and O–H groups in total. The molecule has 3 rings (SSSR count). The molecule has 0 saturated carbocycles. The molecule has 28 heavy (non-hydrogen) atoms. The van der Waals surface area contributed by atoms with Crippen molar-refractivity contribution in [2.75, 3.05) is 11.9 Å². The Morgan fingerprint density at radius 2 is 1.96 bits per heavy atom. The average molecular weight is 398 g/mol. The van der Waals surface area contributed by atoms with E-state index in [-0.39, 0.29) is 11.2 Å². The van der Waals surface area contributed by atoms with Gasteiger partial charge in [-0.1, -0.05) is 29.4 Å². The maximum Gasteiger partial charge on any atom is 0.237 e. The van der Waals surface area contributed by atoms with E-state index in [9.17, 15) is 4.79 Å². The third-order valence-electron chi connectivity index (χ3n) is 4.11. The van der Waals surface area contributed by atoms with Gasteiger partial charge in [-0.15, -0.1) is 11.8 Å². The predicted molar refractivity (Wildman–Crippen MR) is 111 cm³/mol. The van der Waals surface area contributed by atoms with E-state index in [2.05, 4.69) is 15.5 Å². The van der Waals surface area contributed by atoms with Gasteiger partial charge in [-0.2, -0.15) is 4.98 Å². The number of carbonyl (C=O) groups is 1. The minimum Gasteiger partial charge on any atom is -0.494 e. The molecular formula is C21H23N3O3S.